The highest BCUT2D eigenvalue weighted by Gasteiger charge is 2.16. The predicted octanol–water partition coefficient (Wildman–Crippen LogP) is 5.29. The number of hydrogen-bond acceptors (Lipinski definition) is 3. The van der Waals surface area contributed by atoms with E-state index in [0.29, 0.717) is 5.56 Å². The predicted molar refractivity (Wildman–Crippen MR) is 122 cm³/mol. The van der Waals surface area contributed by atoms with Gasteiger partial charge in [0.1, 0.15) is 11.5 Å². The maximum atomic E-state index is 14.4. The third kappa shape index (κ3) is 3.04. The van der Waals surface area contributed by atoms with Crippen molar-refractivity contribution in [2.45, 2.75) is 6.42 Å². The number of benzene rings is 2. The van der Waals surface area contributed by atoms with Crippen molar-refractivity contribution in [3.05, 3.63) is 78.4 Å². The van der Waals surface area contributed by atoms with E-state index in [4.69, 9.17) is 0 Å². The van der Waals surface area contributed by atoms with E-state index in [1.807, 2.05) is 12.1 Å². The molecule has 0 saturated heterocycles. The fourth-order valence-corrected chi connectivity index (χ4v) is 4.38. The van der Waals surface area contributed by atoms with Crippen LogP contribution in [0.25, 0.3) is 49.9 Å². The fourth-order valence-electron chi connectivity index (χ4n) is 4.38. The highest BCUT2D eigenvalue weighted by Crippen LogP contribution is 2.35. The highest BCUT2D eigenvalue weighted by atomic mass is 19.1. The second kappa shape index (κ2) is 7.18. The van der Waals surface area contributed by atoms with E-state index in [1.165, 1.54) is 17.2 Å². The number of nitrogens with one attached hydrogen (secondary N) is 3. The maximum absolute atomic E-state index is 14.4. The van der Waals surface area contributed by atoms with E-state index >= 15 is 0 Å². The van der Waals surface area contributed by atoms with Crippen LogP contribution in [0.3, 0.4) is 0 Å². The normalized spacial score (nSPS) is 14.3. The molecule has 0 aliphatic carbocycles. The minimum Gasteiger partial charge on any atom is -0.352 e. The van der Waals surface area contributed by atoms with Crippen LogP contribution in [0.2, 0.25) is 0 Å². The number of aromatic amines is 2. The monoisotopic (exact) mass is 409 g/mol. The topological polar surface area (TPSA) is 69.4 Å². The molecule has 152 valence electrons. The van der Waals surface area contributed by atoms with Crippen molar-refractivity contribution in [1.29, 1.82) is 0 Å². The van der Waals surface area contributed by atoms with Gasteiger partial charge in [-0.15, -0.1) is 0 Å². The summed E-state index contributed by atoms with van der Waals surface area (Å²) in [7, 11) is 0. The molecule has 1 aliphatic heterocycles. The van der Waals surface area contributed by atoms with Crippen molar-refractivity contribution >= 4 is 27.4 Å². The minimum absolute atomic E-state index is 0.260. The van der Waals surface area contributed by atoms with Gasteiger partial charge in [-0.3, -0.25) is 10.1 Å². The van der Waals surface area contributed by atoms with Crippen molar-refractivity contribution in [2.75, 3.05) is 13.1 Å². The van der Waals surface area contributed by atoms with Crippen LogP contribution in [-0.2, 0) is 0 Å². The van der Waals surface area contributed by atoms with Gasteiger partial charge in [-0.1, -0.05) is 30.3 Å². The van der Waals surface area contributed by atoms with E-state index in [9.17, 15) is 4.39 Å². The third-order valence-electron chi connectivity index (χ3n) is 5.96. The summed E-state index contributed by atoms with van der Waals surface area (Å²) in [6, 6.07) is 15.2. The van der Waals surface area contributed by atoms with Crippen LogP contribution in [0.5, 0.6) is 0 Å². The van der Waals surface area contributed by atoms with Gasteiger partial charge in [-0.2, -0.15) is 5.10 Å². The van der Waals surface area contributed by atoms with Gasteiger partial charge in [0.25, 0.3) is 0 Å². The first kappa shape index (κ1) is 18.0. The summed E-state index contributed by atoms with van der Waals surface area (Å²) in [6.07, 6.45) is 6.74. The smallest absolute Gasteiger partial charge is 0.131 e. The summed E-state index contributed by atoms with van der Waals surface area (Å²) < 4.78 is 14.4. The molecule has 5 nitrogen and oxygen atoms in total. The number of rotatable bonds is 3. The number of pyridine rings is 1. The number of halogens is 1. The molecule has 4 heterocycles. The summed E-state index contributed by atoms with van der Waals surface area (Å²) in [5.74, 6) is -0.260. The minimum atomic E-state index is -0.260. The van der Waals surface area contributed by atoms with Gasteiger partial charge in [-0.05, 0) is 48.4 Å². The number of fused-ring (bicyclic) bond motifs is 2. The lowest BCUT2D eigenvalue weighted by atomic mass is 9.98. The number of nitrogens with zero attached hydrogens (tertiary/aromatic N) is 2. The van der Waals surface area contributed by atoms with E-state index in [-0.39, 0.29) is 5.82 Å². The lowest BCUT2D eigenvalue weighted by Gasteiger charge is -2.14. The van der Waals surface area contributed by atoms with Gasteiger partial charge in [0, 0.05) is 34.6 Å². The van der Waals surface area contributed by atoms with Crippen molar-refractivity contribution in [3.63, 3.8) is 0 Å². The van der Waals surface area contributed by atoms with Crippen molar-refractivity contribution in [1.82, 2.24) is 25.5 Å². The van der Waals surface area contributed by atoms with Crippen molar-refractivity contribution in [3.8, 4) is 22.5 Å². The fraction of sp³-hybridized carbons (Fsp3) is 0.120. The molecule has 1 aliphatic rings. The van der Waals surface area contributed by atoms with Crippen LogP contribution in [0.15, 0.2) is 67.0 Å². The largest absolute Gasteiger partial charge is 0.352 e. The first-order valence-corrected chi connectivity index (χ1v) is 10.4. The second-order valence-corrected chi connectivity index (χ2v) is 7.83. The lowest BCUT2D eigenvalue weighted by Crippen LogP contribution is -2.19. The Morgan fingerprint density at radius 2 is 1.84 bits per heavy atom. The van der Waals surface area contributed by atoms with Crippen LogP contribution < -0.4 is 5.32 Å². The Bertz CT molecular complexity index is 1460. The summed E-state index contributed by atoms with van der Waals surface area (Å²) in [4.78, 5) is 7.75. The molecular weight excluding hydrogens is 389 g/mol. The quantitative estimate of drug-likeness (QED) is 0.379. The molecule has 31 heavy (non-hydrogen) atoms. The van der Waals surface area contributed by atoms with Crippen molar-refractivity contribution < 1.29 is 4.39 Å². The SMILES string of the molecule is Fc1ccccc1-c1cncc2[nH]c(-c3n[nH]c4ccc(C5=CCNCC5)cc34)cc12. The Labute approximate surface area is 178 Å². The Hall–Kier alpha value is -3.77. The van der Waals surface area contributed by atoms with Gasteiger partial charge in [-0.25, -0.2) is 4.39 Å². The number of aromatic nitrogens is 4. The molecule has 0 saturated carbocycles. The molecule has 0 atom stereocenters. The average molecular weight is 409 g/mol. The standard InChI is InChI=1S/C25H20FN5/c26-21-4-2-1-3-17(21)20-13-28-14-24-18(20)12-23(29-24)25-19-11-16(5-6-22(19)30-31-25)15-7-9-27-10-8-15/h1-7,11-14,27,29H,8-10H2,(H,30,31). The zero-order valence-electron chi connectivity index (χ0n) is 16.7. The van der Waals surface area contributed by atoms with E-state index in [2.05, 4.69) is 49.8 Å². The molecule has 2 aromatic carbocycles. The number of hydrogen-bond donors (Lipinski definition) is 3. The lowest BCUT2D eigenvalue weighted by molar-refractivity contribution is 0.631. The van der Waals surface area contributed by atoms with Gasteiger partial charge < -0.3 is 10.3 Å². The molecule has 0 unspecified atom stereocenters. The molecule has 3 N–H and O–H groups in total. The zero-order chi connectivity index (χ0) is 20.8. The molecule has 3 aromatic heterocycles. The Kier molecular flexibility index (Phi) is 4.18. The number of H-pyrrole nitrogens is 2. The molecule has 0 spiro atoms. The van der Waals surface area contributed by atoms with Crippen LogP contribution >= 0.6 is 0 Å². The summed E-state index contributed by atoms with van der Waals surface area (Å²) >= 11 is 0. The molecule has 0 amide bonds. The van der Waals surface area contributed by atoms with Gasteiger partial charge >= 0.3 is 0 Å². The molecule has 0 radical (unpaired) electrons. The van der Waals surface area contributed by atoms with Crippen LogP contribution in [0.4, 0.5) is 4.39 Å². The molecule has 6 rings (SSSR count). The first-order valence-electron chi connectivity index (χ1n) is 10.4. The molecular formula is C25H20FN5. The van der Waals surface area contributed by atoms with Crippen molar-refractivity contribution in [2.24, 2.45) is 0 Å². The Morgan fingerprint density at radius 3 is 2.71 bits per heavy atom. The van der Waals surface area contributed by atoms with Gasteiger partial charge in [0.2, 0.25) is 0 Å². The molecule has 0 bridgehead atoms. The average Bonchev–Trinajstić information content (AvgIpc) is 3.43. The second-order valence-electron chi connectivity index (χ2n) is 7.83. The van der Waals surface area contributed by atoms with E-state index in [1.54, 1.807) is 24.5 Å². The van der Waals surface area contributed by atoms with E-state index in [0.717, 1.165) is 58.3 Å². The first-order chi connectivity index (χ1) is 15.3. The summed E-state index contributed by atoms with van der Waals surface area (Å²) in [5, 5.41) is 13.1. The van der Waals surface area contributed by atoms with Gasteiger partial charge in [0.15, 0.2) is 0 Å². The molecule has 5 aromatic rings. The van der Waals surface area contributed by atoms with Gasteiger partial charge in [0.05, 0.1) is 22.9 Å². The third-order valence-corrected chi connectivity index (χ3v) is 5.96. The zero-order valence-corrected chi connectivity index (χ0v) is 16.7. The molecule has 0 fully saturated rings. The maximum Gasteiger partial charge on any atom is 0.131 e. The Balaban J connectivity index is 1.50. The van der Waals surface area contributed by atoms with Crippen LogP contribution in [0.1, 0.15) is 12.0 Å². The molecule has 6 heteroatoms. The van der Waals surface area contributed by atoms with Crippen LogP contribution in [0, 0.1) is 5.82 Å². The highest BCUT2D eigenvalue weighted by molar-refractivity contribution is 6.01. The van der Waals surface area contributed by atoms with E-state index < -0.39 is 0 Å². The summed E-state index contributed by atoms with van der Waals surface area (Å²) in [6.45, 7) is 1.90. The summed E-state index contributed by atoms with van der Waals surface area (Å²) in [5.41, 5.74) is 7.45. The van der Waals surface area contributed by atoms with Crippen LogP contribution in [-0.4, -0.2) is 33.3 Å². The Morgan fingerprint density at radius 1 is 0.903 bits per heavy atom.